The Labute approximate surface area is 188 Å². The van der Waals surface area contributed by atoms with Crippen LogP contribution in [-0.4, -0.2) is 53.4 Å². The number of halogens is 3. The van der Waals surface area contributed by atoms with Gasteiger partial charge < -0.3 is 15.2 Å². The Balaban J connectivity index is 0.000000360. The summed E-state index contributed by atoms with van der Waals surface area (Å²) in [6.45, 7) is 3.67. The maximum absolute atomic E-state index is 12.1. The molecular formula is C22H25F3N2O4S. The summed E-state index contributed by atoms with van der Waals surface area (Å²) in [6.07, 6.45) is -3.23. The van der Waals surface area contributed by atoms with Gasteiger partial charge in [0.15, 0.2) is 0 Å². The molecule has 3 atom stereocenters. The van der Waals surface area contributed by atoms with Crippen LogP contribution in [0.1, 0.15) is 23.3 Å². The van der Waals surface area contributed by atoms with Crippen molar-refractivity contribution < 1.29 is 32.6 Å². The van der Waals surface area contributed by atoms with Crippen LogP contribution in [0.25, 0.3) is 0 Å². The molecule has 0 saturated carbocycles. The summed E-state index contributed by atoms with van der Waals surface area (Å²) in [5.41, 5.74) is 1.35. The average molecular weight is 471 g/mol. The standard InChI is InChI=1S/C20H24N2O2S.C2HF3O2/c23-20(21-11-18-7-4-8-25-18)10-17-9-16-13-22(14-19(16)24-17)12-15-5-2-1-3-6-15;3-2(4,5)1(6)7/h1-8,16-17,19H,9-14H2,(H,21,23);(H,6,7)/t16-,17-,19+;/m0./s1. The number of carboxylic acids is 1. The third-order valence-corrected chi connectivity index (χ3v) is 6.21. The van der Waals surface area contributed by atoms with Gasteiger partial charge in [0.25, 0.3) is 0 Å². The van der Waals surface area contributed by atoms with Crippen LogP contribution in [0, 0.1) is 5.92 Å². The smallest absolute Gasteiger partial charge is 0.475 e. The van der Waals surface area contributed by atoms with Crippen molar-refractivity contribution in [2.75, 3.05) is 13.1 Å². The van der Waals surface area contributed by atoms with Crippen molar-refractivity contribution in [2.24, 2.45) is 5.92 Å². The topological polar surface area (TPSA) is 78.9 Å². The number of benzene rings is 1. The molecule has 0 spiro atoms. The molecule has 0 aliphatic carbocycles. The zero-order valence-corrected chi connectivity index (χ0v) is 18.1. The number of thiophene rings is 1. The van der Waals surface area contributed by atoms with E-state index in [1.165, 1.54) is 10.4 Å². The van der Waals surface area contributed by atoms with Crippen LogP contribution in [0.2, 0.25) is 0 Å². The number of nitrogens with one attached hydrogen (secondary N) is 1. The van der Waals surface area contributed by atoms with Gasteiger partial charge in [-0.1, -0.05) is 36.4 Å². The minimum Gasteiger partial charge on any atom is -0.475 e. The van der Waals surface area contributed by atoms with Gasteiger partial charge in [-0.15, -0.1) is 11.3 Å². The van der Waals surface area contributed by atoms with Gasteiger partial charge in [0.05, 0.1) is 25.2 Å². The van der Waals surface area contributed by atoms with Gasteiger partial charge >= 0.3 is 12.1 Å². The first-order chi connectivity index (χ1) is 15.2. The maximum atomic E-state index is 12.1. The largest absolute Gasteiger partial charge is 0.490 e. The van der Waals surface area contributed by atoms with E-state index in [4.69, 9.17) is 14.6 Å². The second kappa shape index (κ2) is 10.9. The number of rotatable bonds is 6. The molecule has 2 fully saturated rings. The number of likely N-dealkylation sites (tertiary alicyclic amines) is 1. The van der Waals surface area contributed by atoms with Gasteiger partial charge in [-0.3, -0.25) is 9.69 Å². The van der Waals surface area contributed by atoms with Crippen LogP contribution in [0.3, 0.4) is 0 Å². The molecular weight excluding hydrogens is 445 g/mol. The van der Waals surface area contributed by atoms with Crippen LogP contribution in [0.15, 0.2) is 47.8 Å². The number of hydrogen-bond acceptors (Lipinski definition) is 5. The van der Waals surface area contributed by atoms with Crippen LogP contribution < -0.4 is 5.32 Å². The monoisotopic (exact) mass is 470 g/mol. The molecule has 4 rings (SSSR count). The number of ether oxygens (including phenoxy) is 1. The van der Waals surface area contributed by atoms with Gasteiger partial charge in [-0.25, -0.2) is 4.79 Å². The first-order valence-electron chi connectivity index (χ1n) is 10.2. The number of alkyl halides is 3. The minimum atomic E-state index is -5.08. The molecule has 2 aliphatic rings. The lowest BCUT2D eigenvalue weighted by Gasteiger charge is -2.19. The van der Waals surface area contributed by atoms with Crippen molar-refractivity contribution in [3.63, 3.8) is 0 Å². The minimum absolute atomic E-state index is 0.0808. The van der Waals surface area contributed by atoms with E-state index in [0.29, 0.717) is 25.0 Å². The molecule has 2 aliphatic heterocycles. The van der Waals surface area contributed by atoms with Crippen LogP contribution in [0.4, 0.5) is 13.2 Å². The van der Waals surface area contributed by atoms with Crippen molar-refractivity contribution in [3.8, 4) is 0 Å². The molecule has 2 N–H and O–H groups in total. The molecule has 32 heavy (non-hydrogen) atoms. The Morgan fingerprint density at radius 2 is 1.88 bits per heavy atom. The zero-order valence-electron chi connectivity index (χ0n) is 17.3. The van der Waals surface area contributed by atoms with Crippen molar-refractivity contribution in [1.29, 1.82) is 0 Å². The molecule has 0 radical (unpaired) electrons. The lowest BCUT2D eigenvalue weighted by atomic mass is 10.0. The molecule has 2 aromatic rings. The molecule has 2 saturated heterocycles. The third kappa shape index (κ3) is 7.32. The molecule has 1 aromatic heterocycles. The second-order valence-electron chi connectivity index (χ2n) is 7.84. The van der Waals surface area contributed by atoms with Crippen molar-refractivity contribution >= 4 is 23.2 Å². The van der Waals surface area contributed by atoms with E-state index in [1.54, 1.807) is 11.3 Å². The van der Waals surface area contributed by atoms with E-state index >= 15 is 0 Å². The highest BCUT2D eigenvalue weighted by Crippen LogP contribution is 2.34. The number of fused-ring (bicyclic) bond motifs is 1. The maximum Gasteiger partial charge on any atom is 0.490 e. The summed E-state index contributed by atoms with van der Waals surface area (Å²) in [6, 6.07) is 14.6. The number of carboxylic acid groups (broad SMARTS) is 1. The average Bonchev–Trinajstić information content (AvgIpc) is 3.44. The Bertz CT molecular complexity index is 863. The number of aliphatic carboxylic acids is 1. The summed E-state index contributed by atoms with van der Waals surface area (Å²) in [5.74, 6) is -2.09. The molecule has 10 heteroatoms. The first-order valence-corrected chi connectivity index (χ1v) is 11.1. The quantitative estimate of drug-likeness (QED) is 0.674. The fraction of sp³-hybridized carbons (Fsp3) is 0.455. The number of nitrogens with zero attached hydrogens (tertiary/aromatic N) is 1. The molecule has 174 valence electrons. The van der Waals surface area contributed by atoms with Crippen molar-refractivity contribution in [1.82, 2.24) is 10.2 Å². The Morgan fingerprint density at radius 3 is 2.47 bits per heavy atom. The van der Waals surface area contributed by atoms with Gasteiger partial charge in [0.1, 0.15) is 0 Å². The number of carbonyl (C=O) groups is 2. The van der Waals surface area contributed by atoms with Crippen molar-refractivity contribution in [2.45, 2.75) is 44.3 Å². The van der Waals surface area contributed by atoms with Gasteiger partial charge in [-0.05, 0) is 23.4 Å². The van der Waals surface area contributed by atoms with E-state index in [0.717, 1.165) is 26.1 Å². The van der Waals surface area contributed by atoms with Gasteiger partial charge in [0, 0.05) is 30.4 Å². The second-order valence-corrected chi connectivity index (χ2v) is 8.87. The van der Waals surface area contributed by atoms with E-state index in [9.17, 15) is 18.0 Å². The highest BCUT2D eigenvalue weighted by molar-refractivity contribution is 7.09. The predicted molar refractivity (Wildman–Crippen MR) is 113 cm³/mol. The fourth-order valence-electron chi connectivity index (χ4n) is 3.93. The third-order valence-electron chi connectivity index (χ3n) is 5.33. The van der Waals surface area contributed by atoms with E-state index in [1.807, 2.05) is 17.5 Å². The summed E-state index contributed by atoms with van der Waals surface area (Å²) in [7, 11) is 0. The molecule has 0 unspecified atom stereocenters. The Kier molecular flexibility index (Phi) is 8.27. The van der Waals surface area contributed by atoms with Gasteiger partial charge in [-0.2, -0.15) is 13.2 Å². The summed E-state index contributed by atoms with van der Waals surface area (Å²) < 4.78 is 37.9. The number of amides is 1. The lowest BCUT2D eigenvalue weighted by molar-refractivity contribution is -0.192. The predicted octanol–water partition coefficient (Wildman–Crippen LogP) is 3.68. The highest BCUT2D eigenvalue weighted by atomic mass is 32.1. The van der Waals surface area contributed by atoms with Crippen LogP contribution >= 0.6 is 11.3 Å². The van der Waals surface area contributed by atoms with E-state index in [-0.39, 0.29) is 12.0 Å². The zero-order chi connectivity index (χ0) is 23.1. The summed E-state index contributed by atoms with van der Waals surface area (Å²) in [4.78, 5) is 24.7. The SMILES string of the molecule is O=C(C[C@@H]1C[C@H]2CN(Cc3ccccc3)C[C@H]2O1)NCc1cccs1.O=C(O)C(F)(F)F. The molecule has 6 nitrogen and oxygen atoms in total. The normalized spacial score (nSPS) is 22.7. The van der Waals surface area contributed by atoms with Crippen LogP contribution in [0.5, 0.6) is 0 Å². The molecule has 1 amide bonds. The first kappa shape index (κ1) is 24.2. The molecule has 0 bridgehead atoms. The summed E-state index contributed by atoms with van der Waals surface area (Å²) >= 11 is 1.67. The number of carbonyl (C=O) groups excluding carboxylic acids is 1. The van der Waals surface area contributed by atoms with E-state index < -0.39 is 12.1 Å². The molecule has 3 heterocycles. The van der Waals surface area contributed by atoms with Gasteiger partial charge in [0.2, 0.25) is 5.91 Å². The fourth-order valence-corrected chi connectivity index (χ4v) is 4.57. The lowest BCUT2D eigenvalue weighted by Crippen LogP contribution is -2.29. The Morgan fingerprint density at radius 1 is 1.16 bits per heavy atom. The van der Waals surface area contributed by atoms with Crippen molar-refractivity contribution in [3.05, 3.63) is 58.3 Å². The molecule has 1 aromatic carbocycles. The van der Waals surface area contributed by atoms with Crippen LogP contribution in [-0.2, 0) is 27.4 Å². The van der Waals surface area contributed by atoms with E-state index in [2.05, 4.69) is 40.5 Å². The summed E-state index contributed by atoms with van der Waals surface area (Å²) in [5, 5.41) is 12.2. The highest BCUT2D eigenvalue weighted by Gasteiger charge is 2.42. The number of hydrogen-bond donors (Lipinski definition) is 2. The Hall–Kier alpha value is -2.43.